The van der Waals surface area contributed by atoms with E-state index in [9.17, 15) is 14.4 Å². The molecule has 0 saturated carbocycles. The van der Waals surface area contributed by atoms with Gasteiger partial charge in [-0.1, -0.05) is 5.16 Å². The van der Waals surface area contributed by atoms with Gasteiger partial charge in [-0.2, -0.15) is 0 Å². The average molecular weight is 444 g/mol. The molecule has 3 rings (SSSR count). The third kappa shape index (κ3) is 6.47. The largest absolute Gasteiger partial charge is 0.497 e. The lowest BCUT2D eigenvalue weighted by Gasteiger charge is -2.19. The van der Waals surface area contributed by atoms with Gasteiger partial charge in [0.15, 0.2) is 0 Å². The van der Waals surface area contributed by atoms with Crippen LogP contribution in [0.1, 0.15) is 41.1 Å². The van der Waals surface area contributed by atoms with Crippen molar-refractivity contribution in [2.45, 2.75) is 38.6 Å². The van der Waals surface area contributed by atoms with Crippen LogP contribution in [0, 0.1) is 6.92 Å². The first-order valence-corrected chi connectivity index (χ1v) is 10.5. The van der Waals surface area contributed by atoms with E-state index in [1.807, 2.05) is 0 Å². The van der Waals surface area contributed by atoms with Gasteiger partial charge in [0.25, 0.3) is 5.91 Å². The van der Waals surface area contributed by atoms with E-state index >= 15 is 0 Å². The van der Waals surface area contributed by atoms with Crippen LogP contribution in [0.15, 0.2) is 28.8 Å². The van der Waals surface area contributed by atoms with E-state index in [1.54, 1.807) is 31.2 Å². The fourth-order valence-corrected chi connectivity index (χ4v) is 3.34. The Morgan fingerprint density at radius 1 is 1.22 bits per heavy atom. The summed E-state index contributed by atoms with van der Waals surface area (Å²) in [6, 6.07) is 5.96. The molecule has 1 aromatic heterocycles. The van der Waals surface area contributed by atoms with Gasteiger partial charge >= 0.3 is 0 Å². The van der Waals surface area contributed by atoms with Crippen molar-refractivity contribution in [2.75, 3.05) is 26.8 Å². The number of ether oxygens (including phenoxy) is 2. The van der Waals surface area contributed by atoms with Crippen molar-refractivity contribution in [1.82, 2.24) is 21.1 Å². The van der Waals surface area contributed by atoms with Gasteiger partial charge in [0.1, 0.15) is 29.9 Å². The highest BCUT2D eigenvalue weighted by molar-refractivity contribution is 5.97. The maximum Gasteiger partial charge on any atom is 0.255 e. The standard InChI is InChI=1S/C22H28N4O6/c1-14-11-16(32-26-14)13-20(27)25-18-5-3-4-8-23-21(28)17-7-6-15(30-2)12-19(17)31-10-9-24-22(18)29/h6-7,11-12,18H,3-5,8-10,13H2,1-2H3,(H,23,28)(H,24,29)(H,25,27)/t18-/m0/s1. The molecular weight excluding hydrogens is 416 g/mol. The first-order chi connectivity index (χ1) is 15.5. The highest BCUT2D eigenvalue weighted by atomic mass is 16.5. The van der Waals surface area contributed by atoms with Crippen LogP contribution in [0.3, 0.4) is 0 Å². The lowest BCUT2D eigenvalue weighted by atomic mass is 10.1. The summed E-state index contributed by atoms with van der Waals surface area (Å²) in [4.78, 5) is 37.6. The summed E-state index contributed by atoms with van der Waals surface area (Å²) in [6.07, 6.45) is 1.74. The molecule has 1 aliphatic heterocycles. The van der Waals surface area contributed by atoms with Crippen molar-refractivity contribution in [3.05, 3.63) is 41.3 Å². The van der Waals surface area contributed by atoms with Crippen LogP contribution in [0.5, 0.6) is 11.5 Å². The first kappa shape index (κ1) is 23.1. The van der Waals surface area contributed by atoms with Crippen LogP contribution in [-0.4, -0.2) is 55.7 Å². The van der Waals surface area contributed by atoms with Gasteiger partial charge in [-0.25, -0.2) is 0 Å². The lowest BCUT2D eigenvalue weighted by Crippen LogP contribution is -2.48. The van der Waals surface area contributed by atoms with E-state index < -0.39 is 6.04 Å². The maximum absolute atomic E-state index is 12.7. The minimum absolute atomic E-state index is 0.00239. The second kappa shape index (κ2) is 11.2. The SMILES string of the molecule is COc1ccc2c(c1)OCCNC(=O)[C@@H](NC(=O)Cc1cc(C)no1)CCCCNC2=O. The number of amides is 3. The summed E-state index contributed by atoms with van der Waals surface area (Å²) >= 11 is 0. The van der Waals surface area contributed by atoms with Crippen molar-refractivity contribution >= 4 is 17.7 Å². The predicted molar refractivity (Wildman–Crippen MR) is 115 cm³/mol. The minimum atomic E-state index is -0.697. The molecule has 3 N–H and O–H groups in total. The molecule has 172 valence electrons. The molecule has 2 heterocycles. The number of methoxy groups -OCH3 is 1. The van der Waals surface area contributed by atoms with Crippen LogP contribution in [0.4, 0.5) is 0 Å². The quantitative estimate of drug-likeness (QED) is 0.644. The van der Waals surface area contributed by atoms with Crippen molar-refractivity contribution in [1.29, 1.82) is 0 Å². The number of aryl methyl sites for hydroxylation is 1. The number of nitrogens with one attached hydrogen (secondary N) is 3. The van der Waals surface area contributed by atoms with Gasteiger partial charge in [0.05, 0.1) is 31.3 Å². The highest BCUT2D eigenvalue weighted by Crippen LogP contribution is 2.25. The van der Waals surface area contributed by atoms with Crippen LogP contribution in [-0.2, 0) is 16.0 Å². The molecule has 1 aromatic carbocycles. The van der Waals surface area contributed by atoms with Gasteiger partial charge in [0.2, 0.25) is 11.8 Å². The Bertz CT molecular complexity index is 958. The molecule has 1 aliphatic rings. The Labute approximate surface area is 186 Å². The number of hydrogen-bond donors (Lipinski definition) is 3. The third-order valence-electron chi connectivity index (χ3n) is 4.96. The zero-order valence-electron chi connectivity index (χ0n) is 18.2. The average Bonchev–Trinajstić information content (AvgIpc) is 3.18. The Kier molecular flexibility index (Phi) is 8.07. The monoisotopic (exact) mass is 444 g/mol. The fourth-order valence-electron chi connectivity index (χ4n) is 3.34. The highest BCUT2D eigenvalue weighted by Gasteiger charge is 2.22. The molecule has 0 unspecified atom stereocenters. The Hall–Kier alpha value is -3.56. The summed E-state index contributed by atoms with van der Waals surface area (Å²) in [5.41, 5.74) is 1.09. The number of fused-ring (bicyclic) bond motifs is 1. The zero-order chi connectivity index (χ0) is 22.9. The number of aromatic nitrogens is 1. The predicted octanol–water partition coefficient (Wildman–Crippen LogP) is 1.13. The van der Waals surface area contributed by atoms with E-state index in [0.717, 1.165) is 0 Å². The molecule has 32 heavy (non-hydrogen) atoms. The summed E-state index contributed by atoms with van der Waals surface area (Å²) in [6.45, 7) is 2.57. The lowest BCUT2D eigenvalue weighted by molar-refractivity contribution is -0.129. The van der Waals surface area contributed by atoms with Crippen molar-refractivity contribution in [2.24, 2.45) is 0 Å². The molecule has 0 fully saturated rings. The summed E-state index contributed by atoms with van der Waals surface area (Å²) < 4.78 is 16.0. The fraction of sp³-hybridized carbons (Fsp3) is 0.455. The van der Waals surface area contributed by atoms with Gasteiger partial charge in [-0.15, -0.1) is 0 Å². The Morgan fingerprint density at radius 3 is 2.81 bits per heavy atom. The molecule has 0 spiro atoms. The summed E-state index contributed by atoms with van der Waals surface area (Å²) in [7, 11) is 1.53. The molecule has 0 aliphatic carbocycles. The van der Waals surface area contributed by atoms with E-state index in [1.165, 1.54) is 7.11 Å². The topological polar surface area (TPSA) is 132 Å². The molecule has 10 nitrogen and oxygen atoms in total. The van der Waals surface area contributed by atoms with E-state index in [2.05, 4.69) is 21.1 Å². The van der Waals surface area contributed by atoms with Crippen LogP contribution in [0.25, 0.3) is 0 Å². The molecule has 0 radical (unpaired) electrons. The van der Waals surface area contributed by atoms with Gasteiger partial charge in [-0.05, 0) is 38.3 Å². The second-order valence-electron chi connectivity index (χ2n) is 7.48. The van der Waals surface area contributed by atoms with Crippen LogP contribution < -0.4 is 25.4 Å². The maximum atomic E-state index is 12.7. The number of carbonyl (C=O) groups is 3. The molecule has 2 aromatic rings. The molecule has 1 atom stereocenters. The third-order valence-corrected chi connectivity index (χ3v) is 4.96. The van der Waals surface area contributed by atoms with E-state index in [4.69, 9.17) is 14.0 Å². The molecule has 0 saturated heterocycles. The van der Waals surface area contributed by atoms with E-state index in [0.29, 0.717) is 54.3 Å². The van der Waals surface area contributed by atoms with Gasteiger partial charge in [0, 0.05) is 18.7 Å². The van der Waals surface area contributed by atoms with Gasteiger partial charge < -0.3 is 29.9 Å². The summed E-state index contributed by atoms with van der Waals surface area (Å²) in [5.74, 6) is 0.518. The van der Waals surface area contributed by atoms with Crippen molar-refractivity contribution < 1.29 is 28.4 Å². The van der Waals surface area contributed by atoms with Crippen molar-refractivity contribution in [3.8, 4) is 11.5 Å². The zero-order valence-corrected chi connectivity index (χ0v) is 18.2. The Morgan fingerprint density at radius 2 is 2.06 bits per heavy atom. The molecule has 0 bridgehead atoms. The minimum Gasteiger partial charge on any atom is -0.497 e. The number of carbonyl (C=O) groups excluding carboxylic acids is 3. The van der Waals surface area contributed by atoms with Crippen LogP contribution in [0.2, 0.25) is 0 Å². The number of nitrogens with zero attached hydrogens (tertiary/aromatic N) is 1. The molecule has 10 heteroatoms. The second-order valence-corrected chi connectivity index (χ2v) is 7.48. The molecular formula is C22H28N4O6. The number of hydrogen-bond acceptors (Lipinski definition) is 7. The first-order valence-electron chi connectivity index (χ1n) is 10.5. The van der Waals surface area contributed by atoms with E-state index in [-0.39, 0.29) is 37.3 Å². The Balaban J connectivity index is 1.63. The summed E-state index contributed by atoms with van der Waals surface area (Å²) in [5, 5.41) is 12.2. The molecule has 3 amide bonds. The van der Waals surface area contributed by atoms with Crippen molar-refractivity contribution in [3.63, 3.8) is 0 Å². The number of rotatable bonds is 4. The van der Waals surface area contributed by atoms with Gasteiger partial charge in [-0.3, -0.25) is 14.4 Å². The normalized spacial score (nSPS) is 17.8. The van der Waals surface area contributed by atoms with Crippen LogP contribution >= 0.6 is 0 Å². The smallest absolute Gasteiger partial charge is 0.255 e. The number of benzene rings is 1.